The van der Waals surface area contributed by atoms with Crippen molar-refractivity contribution >= 4 is 26.8 Å². The molecule has 0 spiro atoms. The quantitative estimate of drug-likeness (QED) is 0.714. The second-order valence-corrected chi connectivity index (χ2v) is 8.70. The fourth-order valence-corrected chi connectivity index (χ4v) is 3.51. The Kier molecular flexibility index (Phi) is 6.61. The highest BCUT2D eigenvalue weighted by atomic mass is 32.2. The van der Waals surface area contributed by atoms with Crippen molar-refractivity contribution in [1.29, 1.82) is 0 Å². The van der Waals surface area contributed by atoms with Gasteiger partial charge in [0.15, 0.2) is 0 Å². The summed E-state index contributed by atoms with van der Waals surface area (Å²) in [5.41, 5.74) is 2.12. The van der Waals surface area contributed by atoms with Crippen LogP contribution in [0.15, 0.2) is 30.5 Å². The molecule has 25 heavy (non-hydrogen) atoms. The molecule has 2 aromatic rings. The van der Waals surface area contributed by atoms with Crippen molar-refractivity contribution in [2.45, 2.75) is 26.7 Å². The van der Waals surface area contributed by atoms with Gasteiger partial charge in [-0.1, -0.05) is 32.0 Å². The van der Waals surface area contributed by atoms with Crippen LogP contribution in [0, 0.1) is 5.92 Å². The molecule has 2 N–H and O–H groups in total. The molecule has 0 aliphatic rings. The van der Waals surface area contributed by atoms with E-state index >= 15 is 0 Å². The van der Waals surface area contributed by atoms with E-state index < -0.39 is 10.0 Å². The lowest BCUT2D eigenvalue weighted by molar-refractivity contribution is -0.121. The predicted molar refractivity (Wildman–Crippen MR) is 101 cm³/mol. The summed E-state index contributed by atoms with van der Waals surface area (Å²) in [4.78, 5) is 15.0. The van der Waals surface area contributed by atoms with Crippen LogP contribution in [-0.4, -0.2) is 49.5 Å². The van der Waals surface area contributed by atoms with E-state index in [-0.39, 0.29) is 18.9 Å². The second kappa shape index (κ2) is 8.49. The molecule has 0 saturated carbocycles. The molecule has 6 nitrogen and oxygen atoms in total. The Labute approximate surface area is 149 Å². The topological polar surface area (TPSA) is 82.3 Å². The van der Waals surface area contributed by atoms with Crippen LogP contribution in [0.3, 0.4) is 0 Å². The van der Waals surface area contributed by atoms with Crippen molar-refractivity contribution in [3.8, 4) is 0 Å². The molecule has 7 heteroatoms. The molecule has 0 atom stereocenters. The number of aromatic nitrogens is 1. The number of hydrogen-bond acceptors (Lipinski definition) is 3. The minimum Gasteiger partial charge on any atom is -0.361 e. The molecular formula is C18H27N3O3S. The first-order chi connectivity index (χ1) is 11.8. The molecule has 0 radical (unpaired) electrons. The Morgan fingerprint density at radius 1 is 1.24 bits per heavy atom. The molecule has 1 amide bonds. The molecule has 0 saturated heterocycles. The van der Waals surface area contributed by atoms with Crippen LogP contribution in [0.2, 0.25) is 0 Å². The number of fused-ring (bicyclic) bond motifs is 1. The summed E-state index contributed by atoms with van der Waals surface area (Å²) in [5, 5.41) is 3.92. The van der Waals surface area contributed by atoms with Gasteiger partial charge in [0.25, 0.3) is 0 Å². The fourth-order valence-electron chi connectivity index (χ4n) is 2.66. The maximum Gasteiger partial charge on any atom is 0.221 e. The number of rotatable bonds is 9. The lowest BCUT2D eigenvalue weighted by Gasteiger charge is -2.19. The Morgan fingerprint density at radius 2 is 1.96 bits per heavy atom. The number of para-hydroxylation sites is 1. The van der Waals surface area contributed by atoms with Crippen molar-refractivity contribution < 1.29 is 13.2 Å². The smallest absolute Gasteiger partial charge is 0.221 e. The van der Waals surface area contributed by atoms with Crippen LogP contribution < -0.4 is 5.32 Å². The molecule has 0 aliphatic heterocycles. The number of nitrogens with one attached hydrogen (secondary N) is 2. The van der Waals surface area contributed by atoms with Crippen molar-refractivity contribution in [2.24, 2.45) is 5.92 Å². The van der Waals surface area contributed by atoms with E-state index in [1.54, 1.807) is 0 Å². The summed E-state index contributed by atoms with van der Waals surface area (Å²) in [6, 6.07) is 7.94. The molecule has 0 unspecified atom stereocenters. The SMILES string of the molecule is CC(C)CNC(=O)CCN(CCc1c[nH]c2ccccc12)S(C)(=O)=O. The molecule has 0 aliphatic carbocycles. The number of aromatic amines is 1. The maximum absolute atomic E-state index is 12.0. The van der Waals surface area contributed by atoms with Crippen LogP contribution in [0.25, 0.3) is 10.9 Å². The molecule has 2 rings (SSSR count). The monoisotopic (exact) mass is 365 g/mol. The van der Waals surface area contributed by atoms with Crippen LogP contribution >= 0.6 is 0 Å². The van der Waals surface area contributed by atoms with E-state index in [9.17, 15) is 13.2 Å². The van der Waals surface area contributed by atoms with E-state index in [1.165, 1.54) is 10.6 Å². The standard InChI is InChI=1S/C18H27N3O3S/c1-14(2)12-20-18(22)9-11-21(25(3,23)24)10-8-15-13-19-17-7-5-4-6-16(15)17/h4-7,13-14,19H,8-12H2,1-3H3,(H,20,22). The van der Waals surface area contributed by atoms with Gasteiger partial charge >= 0.3 is 0 Å². The van der Waals surface area contributed by atoms with Crippen molar-refractivity contribution in [3.05, 3.63) is 36.0 Å². The first kappa shape index (κ1) is 19.5. The largest absolute Gasteiger partial charge is 0.361 e. The third kappa shape index (κ3) is 5.86. The summed E-state index contributed by atoms with van der Waals surface area (Å²) < 4.78 is 25.4. The van der Waals surface area contributed by atoms with Crippen molar-refractivity contribution in [1.82, 2.24) is 14.6 Å². The number of nitrogens with zero attached hydrogens (tertiary/aromatic N) is 1. The Morgan fingerprint density at radius 3 is 2.64 bits per heavy atom. The molecule has 0 bridgehead atoms. The minimum atomic E-state index is -3.36. The average Bonchev–Trinajstić information content (AvgIpc) is 2.95. The summed E-state index contributed by atoms with van der Waals surface area (Å²) in [7, 11) is -3.36. The van der Waals surface area contributed by atoms with Gasteiger partial charge in [0.1, 0.15) is 0 Å². The third-order valence-electron chi connectivity index (χ3n) is 4.07. The van der Waals surface area contributed by atoms with Crippen molar-refractivity contribution in [2.75, 3.05) is 25.9 Å². The van der Waals surface area contributed by atoms with Gasteiger partial charge in [0.2, 0.25) is 15.9 Å². The van der Waals surface area contributed by atoms with E-state index in [0.717, 1.165) is 16.5 Å². The number of hydrogen-bond donors (Lipinski definition) is 2. The third-order valence-corrected chi connectivity index (χ3v) is 5.37. The Hall–Kier alpha value is -1.86. The zero-order valence-electron chi connectivity index (χ0n) is 15.1. The summed E-state index contributed by atoms with van der Waals surface area (Å²) in [6.45, 7) is 5.20. The number of carbonyl (C=O) groups is 1. The fraction of sp³-hybridized carbons (Fsp3) is 0.500. The van der Waals surface area contributed by atoms with Gasteiger partial charge in [-0.15, -0.1) is 0 Å². The normalized spacial score (nSPS) is 12.2. The van der Waals surface area contributed by atoms with E-state index in [1.807, 2.05) is 44.3 Å². The van der Waals surface area contributed by atoms with Gasteiger partial charge in [0.05, 0.1) is 6.26 Å². The highest BCUT2D eigenvalue weighted by molar-refractivity contribution is 7.88. The zero-order chi connectivity index (χ0) is 18.4. The molecule has 138 valence electrons. The molecule has 1 heterocycles. The number of benzene rings is 1. The summed E-state index contributed by atoms with van der Waals surface area (Å²) in [6.07, 6.45) is 3.88. The number of amides is 1. The van der Waals surface area contributed by atoms with Gasteiger partial charge in [-0.3, -0.25) is 4.79 Å². The lowest BCUT2D eigenvalue weighted by atomic mass is 10.1. The molecule has 0 fully saturated rings. The number of carbonyl (C=O) groups excluding carboxylic acids is 1. The van der Waals surface area contributed by atoms with Gasteiger partial charge in [-0.2, -0.15) is 0 Å². The van der Waals surface area contributed by atoms with Crippen LogP contribution in [0.5, 0.6) is 0 Å². The van der Waals surface area contributed by atoms with E-state index in [2.05, 4.69) is 10.3 Å². The lowest BCUT2D eigenvalue weighted by Crippen LogP contribution is -2.36. The van der Waals surface area contributed by atoms with Crippen LogP contribution in [0.1, 0.15) is 25.8 Å². The van der Waals surface area contributed by atoms with Crippen molar-refractivity contribution in [3.63, 3.8) is 0 Å². The van der Waals surface area contributed by atoms with Gasteiger partial charge in [0, 0.05) is 43.2 Å². The highest BCUT2D eigenvalue weighted by Gasteiger charge is 2.18. The summed E-state index contributed by atoms with van der Waals surface area (Å²) >= 11 is 0. The molecule has 1 aromatic heterocycles. The molecule has 1 aromatic carbocycles. The summed E-state index contributed by atoms with van der Waals surface area (Å²) in [5.74, 6) is 0.256. The molecular weight excluding hydrogens is 338 g/mol. The van der Waals surface area contributed by atoms with E-state index in [4.69, 9.17) is 0 Å². The predicted octanol–water partition coefficient (Wildman–Crippen LogP) is 2.13. The second-order valence-electron chi connectivity index (χ2n) is 6.72. The minimum absolute atomic E-state index is 0.116. The number of sulfonamides is 1. The maximum atomic E-state index is 12.0. The van der Waals surface area contributed by atoms with Gasteiger partial charge < -0.3 is 10.3 Å². The average molecular weight is 365 g/mol. The van der Waals surface area contributed by atoms with Gasteiger partial charge in [-0.25, -0.2) is 12.7 Å². The Bertz CT molecular complexity index is 812. The first-order valence-electron chi connectivity index (χ1n) is 8.54. The zero-order valence-corrected chi connectivity index (χ0v) is 15.9. The van der Waals surface area contributed by atoms with E-state index in [0.29, 0.717) is 25.4 Å². The number of H-pyrrole nitrogens is 1. The van der Waals surface area contributed by atoms with Crippen LogP contribution in [0.4, 0.5) is 0 Å². The Balaban J connectivity index is 1.95. The van der Waals surface area contributed by atoms with Gasteiger partial charge in [-0.05, 0) is 24.0 Å². The first-order valence-corrected chi connectivity index (χ1v) is 10.4. The highest BCUT2D eigenvalue weighted by Crippen LogP contribution is 2.18. The van der Waals surface area contributed by atoms with Crippen LogP contribution in [-0.2, 0) is 21.2 Å².